The van der Waals surface area contributed by atoms with Gasteiger partial charge in [0.25, 0.3) is 11.8 Å². The van der Waals surface area contributed by atoms with Gasteiger partial charge in [0.2, 0.25) is 0 Å². The van der Waals surface area contributed by atoms with E-state index in [4.69, 9.17) is 14.0 Å². The van der Waals surface area contributed by atoms with Gasteiger partial charge in [-0.25, -0.2) is 0 Å². The largest absolute Gasteiger partial charge is 0.484 e. The van der Waals surface area contributed by atoms with E-state index < -0.39 is 0 Å². The lowest BCUT2D eigenvalue weighted by molar-refractivity contribution is -0.137. The minimum Gasteiger partial charge on any atom is -0.484 e. The van der Waals surface area contributed by atoms with Crippen LogP contribution in [0.5, 0.6) is 5.75 Å². The van der Waals surface area contributed by atoms with Gasteiger partial charge < -0.3 is 24.2 Å². The van der Waals surface area contributed by atoms with Crippen molar-refractivity contribution in [1.82, 2.24) is 10.1 Å². The molecule has 0 spiro atoms. The quantitative estimate of drug-likeness (QED) is 0.799. The molecule has 2 amide bonds. The van der Waals surface area contributed by atoms with E-state index in [1.807, 2.05) is 6.92 Å². The summed E-state index contributed by atoms with van der Waals surface area (Å²) in [6.45, 7) is 4.31. The highest BCUT2D eigenvalue weighted by molar-refractivity contribution is 6.02. The zero-order chi connectivity index (χ0) is 19.1. The molecule has 0 aliphatic carbocycles. The monoisotopic (exact) mass is 373 g/mol. The molecule has 1 aliphatic rings. The van der Waals surface area contributed by atoms with Crippen molar-refractivity contribution in [2.24, 2.45) is 0 Å². The van der Waals surface area contributed by atoms with Crippen molar-refractivity contribution in [2.75, 3.05) is 38.2 Å². The first-order chi connectivity index (χ1) is 13.2. The number of carbonyl (C=O) groups excluding carboxylic acids is 2. The molecular formula is C19H23N3O5. The van der Waals surface area contributed by atoms with Crippen LogP contribution in [0.1, 0.15) is 29.6 Å². The minimum atomic E-state index is -0.336. The first-order valence-corrected chi connectivity index (χ1v) is 9.01. The normalized spacial score (nSPS) is 14.0. The average Bonchev–Trinajstić information content (AvgIpc) is 3.17. The second kappa shape index (κ2) is 9.18. The Morgan fingerprint density at radius 3 is 2.67 bits per heavy atom. The summed E-state index contributed by atoms with van der Waals surface area (Å²) in [7, 11) is 0. The molecule has 1 aromatic heterocycles. The zero-order valence-corrected chi connectivity index (χ0v) is 15.3. The lowest BCUT2D eigenvalue weighted by Gasteiger charge is -2.26. The van der Waals surface area contributed by atoms with Crippen LogP contribution >= 0.6 is 0 Å². The molecule has 2 aromatic rings. The van der Waals surface area contributed by atoms with E-state index in [0.29, 0.717) is 43.5 Å². The van der Waals surface area contributed by atoms with Gasteiger partial charge in [0.15, 0.2) is 12.3 Å². The van der Waals surface area contributed by atoms with E-state index in [1.165, 1.54) is 0 Å². The third-order valence-corrected chi connectivity index (χ3v) is 4.13. The van der Waals surface area contributed by atoms with Gasteiger partial charge in [-0.2, -0.15) is 0 Å². The maximum absolute atomic E-state index is 12.2. The van der Waals surface area contributed by atoms with Crippen LogP contribution in [-0.2, 0) is 16.0 Å². The van der Waals surface area contributed by atoms with Gasteiger partial charge in [-0.3, -0.25) is 9.59 Å². The van der Waals surface area contributed by atoms with E-state index in [1.54, 1.807) is 35.2 Å². The predicted molar refractivity (Wildman–Crippen MR) is 97.8 cm³/mol. The fourth-order valence-electron chi connectivity index (χ4n) is 2.66. The van der Waals surface area contributed by atoms with Gasteiger partial charge in [0.05, 0.1) is 13.2 Å². The topological polar surface area (TPSA) is 93.9 Å². The third-order valence-electron chi connectivity index (χ3n) is 4.13. The number of carbonyl (C=O) groups is 2. The predicted octanol–water partition coefficient (Wildman–Crippen LogP) is 2.12. The maximum atomic E-state index is 12.2. The molecule has 8 heteroatoms. The van der Waals surface area contributed by atoms with Gasteiger partial charge in [-0.05, 0) is 30.7 Å². The molecule has 0 radical (unpaired) electrons. The van der Waals surface area contributed by atoms with Crippen LogP contribution in [0.15, 0.2) is 34.9 Å². The van der Waals surface area contributed by atoms with Gasteiger partial charge in [-0.15, -0.1) is 0 Å². The van der Waals surface area contributed by atoms with Gasteiger partial charge in [-0.1, -0.05) is 12.1 Å². The second-order valence-electron chi connectivity index (χ2n) is 6.19. The molecular weight excluding hydrogens is 350 g/mol. The minimum absolute atomic E-state index is 0.0230. The van der Waals surface area contributed by atoms with Crippen molar-refractivity contribution < 1.29 is 23.6 Å². The molecule has 2 heterocycles. The number of aryl methyl sites for hydroxylation is 1. The summed E-state index contributed by atoms with van der Waals surface area (Å²) < 4.78 is 15.9. The molecule has 1 aliphatic heterocycles. The van der Waals surface area contributed by atoms with Gasteiger partial charge >= 0.3 is 0 Å². The highest BCUT2D eigenvalue weighted by Crippen LogP contribution is 2.17. The number of amides is 2. The molecule has 0 unspecified atom stereocenters. The Kier molecular flexibility index (Phi) is 6.43. The molecule has 1 N–H and O–H groups in total. The molecule has 27 heavy (non-hydrogen) atoms. The number of morpholine rings is 1. The van der Waals surface area contributed by atoms with E-state index in [2.05, 4.69) is 10.5 Å². The fourth-order valence-corrected chi connectivity index (χ4v) is 2.66. The van der Waals surface area contributed by atoms with Crippen molar-refractivity contribution in [1.29, 1.82) is 0 Å². The summed E-state index contributed by atoms with van der Waals surface area (Å²) in [5.41, 5.74) is 0.849. The Morgan fingerprint density at radius 2 is 1.96 bits per heavy atom. The Hall–Kier alpha value is -2.87. The number of hydrogen-bond acceptors (Lipinski definition) is 6. The first-order valence-electron chi connectivity index (χ1n) is 9.01. The Morgan fingerprint density at radius 1 is 1.22 bits per heavy atom. The van der Waals surface area contributed by atoms with E-state index in [9.17, 15) is 9.59 Å². The molecule has 0 bridgehead atoms. The average molecular weight is 373 g/mol. The van der Waals surface area contributed by atoms with Crippen molar-refractivity contribution >= 4 is 17.5 Å². The highest BCUT2D eigenvalue weighted by atomic mass is 16.5. The van der Waals surface area contributed by atoms with Crippen molar-refractivity contribution in [3.8, 4) is 5.75 Å². The molecule has 1 fully saturated rings. The van der Waals surface area contributed by atoms with Crippen LogP contribution in [0.25, 0.3) is 0 Å². The van der Waals surface area contributed by atoms with E-state index >= 15 is 0 Å². The van der Waals surface area contributed by atoms with Crippen molar-refractivity contribution in [3.05, 3.63) is 41.8 Å². The molecule has 8 nitrogen and oxygen atoms in total. The second-order valence-corrected chi connectivity index (χ2v) is 6.19. The number of ether oxygens (including phenoxy) is 2. The number of nitrogens with one attached hydrogen (secondary N) is 1. The van der Waals surface area contributed by atoms with Gasteiger partial charge in [0.1, 0.15) is 11.5 Å². The number of anilines is 1. The molecule has 1 saturated heterocycles. The van der Waals surface area contributed by atoms with Gasteiger partial charge in [0, 0.05) is 31.3 Å². The Bertz CT molecular complexity index is 766. The molecule has 0 saturated carbocycles. The number of rotatable bonds is 7. The standard InChI is InChI=1S/C19H23N3O5/c1-2-3-16-12-17(21-27-16)19(24)20-14-4-6-15(7-5-14)26-13-18(23)22-8-10-25-11-9-22/h4-7,12H,2-3,8-11,13H2,1H3,(H,20,24). The summed E-state index contributed by atoms with van der Waals surface area (Å²) in [4.78, 5) is 26.0. The molecule has 144 valence electrons. The van der Waals surface area contributed by atoms with E-state index in [-0.39, 0.29) is 24.1 Å². The van der Waals surface area contributed by atoms with Crippen LogP contribution in [-0.4, -0.2) is 54.8 Å². The summed E-state index contributed by atoms with van der Waals surface area (Å²) in [6.07, 6.45) is 1.67. The molecule has 3 rings (SSSR count). The van der Waals surface area contributed by atoms with Crippen LogP contribution in [0.3, 0.4) is 0 Å². The molecule has 0 atom stereocenters. The molecule has 1 aromatic carbocycles. The fraction of sp³-hybridized carbons (Fsp3) is 0.421. The summed E-state index contributed by atoms with van der Waals surface area (Å²) in [5.74, 6) is 0.847. The van der Waals surface area contributed by atoms with E-state index in [0.717, 1.165) is 12.8 Å². The summed E-state index contributed by atoms with van der Waals surface area (Å²) >= 11 is 0. The Labute approximate surface area is 157 Å². The number of benzene rings is 1. The lowest BCUT2D eigenvalue weighted by Crippen LogP contribution is -2.42. The van der Waals surface area contributed by atoms with Crippen LogP contribution in [0.2, 0.25) is 0 Å². The smallest absolute Gasteiger partial charge is 0.277 e. The number of aromatic nitrogens is 1. The SMILES string of the molecule is CCCc1cc(C(=O)Nc2ccc(OCC(=O)N3CCOCC3)cc2)no1. The maximum Gasteiger partial charge on any atom is 0.277 e. The summed E-state index contributed by atoms with van der Waals surface area (Å²) in [5, 5.41) is 6.53. The number of hydrogen-bond donors (Lipinski definition) is 1. The van der Waals surface area contributed by atoms with Crippen LogP contribution in [0, 0.1) is 0 Å². The lowest BCUT2D eigenvalue weighted by atomic mass is 10.2. The van der Waals surface area contributed by atoms with Crippen LogP contribution in [0.4, 0.5) is 5.69 Å². The summed E-state index contributed by atoms with van der Waals surface area (Å²) in [6, 6.07) is 8.47. The first kappa shape index (κ1) is 18.9. The third kappa shape index (κ3) is 5.30. The van der Waals surface area contributed by atoms with Crippen molar-refractivity contribution in [2.45, 2.75) is 19.8 Å². The number of nitrogens with zero attached hydrogens (tertiary/aromatic N) is 2. The zero-order valence-electron chi connectivity index (χ0n) is 15.3. The Balaban J connectivity index is 1.49. The highest BCUT2D eigenvalue weighted by Gasteiger charge is 2.17. The van der Waals surface area contributed by atoms with Crippen molar-refractivity contribution in [3.63, 3.8) is 0 Å². The van der Waals surface area contributed by atoms with Crippen LogP contribution < -0.4 is 10.1 Å².